The predicted molar refractivity (Wildman–Crippen MR) is 114 cm³/mol. The van der Waals surface area contributed by atoms with Crippen LogP contribution in [0.2, 0.25) is 0 Å². The molecule has 2 aliphatic rings. The number of methoxy groups -OCH3 is 1. The molecular weight excluding hydrogens is 368 g/mol. The molecule has 0 spiro atoms. The van der Waals surface area contributed by atoms with Crippen LogP contribution in [0, 0.1) is 0 Å². The molecule has 4 rings (SSSR count). The van der Waals surface area contributed by atoms with Crippen molar-refractivity contribution in [1.29, 1.82) is 0 Å². The van der Waals surface area contributed by atoms with Crippen LogP contribution in [-0.4, -0.2) is 46.6 Å². The lowest BCUT2D eigenvalue weighted by molar-refractivity contribution is 0.0600. The number of aryl methyl sites for hydroxylation is 1. The van der Waals surface area contributed by atoms with Crippen molar-refractivity contribution in [3.8, 4) is 0 Å². The van der Waals surface area contributed by atoms with Gasteiger partial charge in [-0.2, -0.15) is 0 Å². The number of nitrogens with zero attached hydrogens (tertiary/aromatic N) is 2. The van der Waals surface area contributed by atoms with Gasteiger partial charge in [-0.15, -0.1) is 0 Å². The van der Waals surface area contributed by atoms with Crippen LogP contribution >= 0.6 is 12.2 Å². The highest BCUT2D eigenvalue weighted by atomic mass is 32.1. The molecule has 1 fully saturated rings. The number of hydrogen-bond donors (Lipinski definition) is 0. The van der Waals surface area contributed by atoms with E-state index >= 15 is 0 Å². The number of hydrogen-bond acceptors (Lipinski definition) is 3. The van der Waals surface area contributed by atoms with E-state index in [0.29, 0.717) is 24.2 Å². The molecule has 1 aliphatic heterocycles. The molecule has 0 saturated carbocycles. The van der Waals surface area contributed by atoms with Crippen LogP contribution in [0.3, 0.4) is 0 Å². The van der Waals surface area contributed by atoms with Gasteiger partial charge in [0.05, 0.1) is 12.7 Å². The second-order valence-corrected chi connectivity index (χ2v) is 8.13. The molecule has 0 bridgehead atoms. The summed E-state index contributed by atoms with van der Waals surface area (Å²) in [5.74, 6) is -0.304. The van der Waals surface area contributed by atoms with Crippen molar-refractivity contribution in [1.82, 2.24) is 9.80 Å². The molecule has 2 aromatic carbocycles. The molecule has 2 aromatic rings. The number of esters is 1. The molecule has 0 radical (unpaired) electrons. The largest absolute Gasteiger partial charge is 0.465 e. The van der Waals surface area contributed by atoms with E-state index < -0.39 is 0 Å². The van der Waals surface area contributed by atoms with Gasteiger partial charge in [0.1, 0.15) is 0 Å². The number of carbonyl (C=O) groups is 1. The first-order valence-electron chi connectivity index (χ1n) is 9.88. The summed E-state index contributed by atoms with van der Waals surface area (Å²) in [6, 6.07) is 17.2. The molecule has 0 aromatic heterocycles. The lowest BCUT2D eigenvalue weighted by Gasteiger charge is -2.34. The number of ether oxygens (including phenoxy) is 1. The molecule has 1 heterocycles. The molecule has 4 nitrogen and oxygen atoms in total. The summed E-state index contributed by atoms with van der Waals surface area (Å²) in [5.41, 5.74) is 4.60. The summed E-state index contributed by atoms with van der Waals surface area (Å²) in [6.45, 7) is 3.90. The zero-order valence-electron chi connectivity index (χ0n) is 16.4. The fraction of sp³-hybridized carbons (Fsp3) is 0.391. The van der Waals surface area contributed by atoms with Gasteiger partial charge >= 0.3 is 5.97 Å². The Morgan fingerprint density at radius 2 is 1.96 bits per heavy atom. The van der Waals surface area contributed by atoms with Crippen molar-refractivity contribution < 1.29 is 9.53 Å². The minimum Gasteiger partial charge on any atom is -0.465 e. The van der Waals surface area contributed by atoms with Crippen LogP contribution in [0.25, 0.3) is 0 Å². The molecule has 2 atom stereocenters. The van der Waals surface area contributed by atoms with Crippen molar-refractivity contribution in [2.45, 2.75) is 44.8 Å². The van der Waals surface area contributed by atoms with E-state index in [9.17, 15) is 4.79 Å². The van der Waals surface area contributed by atoms with Crippen molar-refractivity contribution in [2.75, 3.05) is 13.7 Å². The molecule has 28 heavy (non-hydrogen) atoms. The molecule has 5 heteroatoms. The lowest BCUT2D eigenvalue weighted by Crippen LogP contribution is -2.42. The predicted octanol–water partition coefficient (Wildman–Crippen LogP) is 3.82. The second kappa shape index (κ2) is 7.92. The van der Waals surface area contributed by atoms with Crippen LogP contribution in [-0.2, 0) is 24.1 Å². The molecule has 2 unspecified atom stereocenters. The van der Waals surface area contributed by atoms with E-state index in [1.165, 1.54) is 18.2 Å². The summed E-state index contributed by atoms with van der Waals surface area (Å²) < 4.78 is 4.84. The number of fused-ring (bicyclic) bond motifs is 1. The van der Waals surface area contributed by atoms with Crippen molar-refractivity contribution in [3.05, 3.63) is 70.8 Å². The Morgan fingerprint density at radius 1 is 1.18 bits per heavy atom. The molecule has 0 N–H and O–H groups in total. The van der Waals surface area contributed by atoms with Gasteiger partial charge in [-0.3, -0.25) is 0 Å². The third-order valence-corrected chi connectivity index (χ3v) is 6.42. The minimum atomic E-state index is -0.304. The third kappa shape index (κ3) is 3.63. The van der Waals surface area contributed by atoms with E-state index in [0.717, 1.165) is 36.5 Å². The summed E-state index contributed by atoms with van der Waals surface area (Å²) in [7, 11) is 1.41. The maximum Gasteiger partial charge on any atom is 0.337 e. The molecular formula is C23H26N2O2S. The van der Waals surface area contributed by atoms with E-state index in [-0.39, 0.29) is 5.97 Å². The highest BCUT2D eigenvalue weighted by Gasteiger charge is 2.36. The smallest absolute Gasteiger partial charge is 0.337 e. The average molecular weight is 395 g/mol. The van der Waals surface area contributed by atoms with Gasteiger partial charge in [0, 0.05) is 25.2 Å². The fourth-order valence-electron chi connectivity index (χ4n) is 4.40. The van der Waals surface area contributed by atoms with Gasteiger partial charge in [0.2, 0.25) is 0 Å². The summed E-state index contributed by atoms with van der Waals surface area (Å²) in [6.07, 6.45) is 3.33. The average Bonchev–Trinajstić information content (AvgIpc) is 3.01. The minimum absolute atomic E-state index is 0.304. The Morgan fingerprint density at radius 3 is 2.75 bits per heavy atom. The normalized spacial score (nSPS) is 21.6. The maximum absolute atomic E-state index is 11.8. The van der Waals surface area contributed by atoms with E-state index in [1.807, 2.05) is 18.2 Å². The zero-order chi connectivity index (χ0) is 19.7. The van der Waals surface area contributed by atoms with Crippen LogP contribution in [0.1, 0.15) is 40.4 Å². The quantitative estimate of drug-likeness (QED) is 0.582. The fourth-order valence-corrected chi connectivity index (χ4v) is 4.87. The number of benzene rings is 2. The van der Waals surface area contributed by atoms with Crippen molar-refractivity contribution >= 4 is 23.3 Å². The first-order chi connectivity index (χ1) is 13.6. The molecule has 1 aliphatic carbocycles. The third-order valence-electron chi connectivity index (χ3n) is 5.95. The maximum atomic E-state index is 11.8. The van der Waals surface area contributed by atoms with Crippen LogP contribution in [0.15, 0.2) is 48.5 Å². The standard InChI is InChI=1S/C23H26N2O2S/c1-16-14-25(21-11-10-18-7-3-4-8-19(18)13-21)23(28)24(16)15-17-6-5-9-20(12-17)22(26)27-2/h3-9,12,16,21H,10-11,13-15H2,1-2H3. The summed E-state index contributed by atoms with van der Waals surface area (Å²) in [5, 5.41) is 0.931. The molecule has 0 amide bonds. The van der Waals surface area contributed by atoms with Gasteiger partial charge in [-0.25, -0.2) is 4.79 Å². The van der Waals surface area contributed by atoms with Crippen LogP contribution in [0.4, 0.5) is 0 Å². The Balaban J connectivity index is 1.48. The Kier molecular flexibility index (Phi) is 5.36. The topological polar surface area (TPSA) is 32.8 Å². The zero-order valence-corrected chi connectivity index (χ0v) is 17.2. The van der Waals surface area contributed by atoms with Gasteiger partial charge in [-0.05, 0) is 67.2 Å². The van der Waals surface area contributed by atoms with E-state index in [2.05, 4.69) is 41.0 Å². The van der Waals surface area contributed by atoms with Gasteiger partial charge < -0.3 is 14.5 Å². The van der Waals surface area contributed by atoms with Crippen molar-refractivity contribution in [2.24, 2.45) is 0 Å². The van der Waals surface area contributed by atoms with Crippen LogP contribution < -0.4 is 0 Å². The number of rotatable bonds is 4. The first-order valence-corrected chi connectivity index (χ1v) is 10.3. The highest BCUT2D eigenvalue weighted by Crippen LogP contribution is 2.29. The number of thiocarbonyl (C=S) groups is 1. The summed E-state index contributed by atoms with van der Waals surface area (Å²) in [4.78, 5) is 16.5. The van der Waals surface area contributed by atoms with Gasteiger partial charge in [0.25, 0.3) is 0 Å². The van der Waals surface area contributed by atoms with E-state index in [4.69, 9.17) is 17.0 Å². The monoisotopic (exact) mass is 394 g/mol. The molecule has 1 saturated heterocycles. The van der Waals surface area contributed by atoms with Crippen molar-refractivity contribution in [3.63, 3.8) is 0 Å². The number of carbonyl (C=O) groups excluding carboxylic acids is 1. The Labute approximate surface area is 172 Å². The SMILES string of the molecule is COC(=O)c1cccc(CN2C(=S)N(C3CCc4ccccc4C3)CC2C)c1. The Hall–Kier alpha value is -2.40. The van der Waals surface area contributed by atoms with E-state index in [1.54, 1.807) is 6.07 Å². The molecule has 146 valence electrons. The second-order valence-electron chi connectivity index (χ2n) is 7.77. The lowest BCUT2D eigenvalue weighted by atomic mass is 9.87. The first kappa shape index (κ1) is 18.9. The van der Waals surface area contributed by atoms with Crippen LogP contribution in [0.5, 0.6) is 0 Å². The van der Waals surface area contributed by atoms with Gasteiger partial charge in [-0.1, -0.05) is 36.4 Å². The Bertz CT molecular complexity index is 898. The highest BCUT2D eigenvalue weighted by molar-refractivity contribution is 7.80. The van der Waals surface area contributed by atoms with Gasteiger partial charge in [0.15, 0.2) is 5.11 Å². The summed E-state index contributed by atoms with van der Waals surface area (Å²) >= 11 is 5.89.